The van der Waals surface area contributed by atoms with E-state index in [0.717, 1.165) is 24.4 Å². The first-order valence-corrected chi connectivity index (χ1v) is 7.52. The number of halogens is 1. The molecule has 22 heavy (non-hydrogen) atoms. The largest absolute Gasteiger partial charge is 0.463 e. The van der Waals surface area contributed by atoms with E-state index in [2.05, 4.69) is 25.8 Å². The van der Waals surface area contributed by atoms with E-state index in [-0.39, 0.29) is 5.82 Å². The van der Waals surface area contributed by atoms with Gasteiger partial charge >= 0.3 is 5.97 Å². The van der Waals surface area contributed by atoms with Crippen molar-refractivity contribution < 1.29 is 9.53 Å². The van der Waals surface area contributed by atoms with E-state index in [0.29, 0.717) is 12.7 Å². The lowest BCUT2D eigenvalue weighted by molar-refractivity contribution is 0.0585. The number of ether oxygens (including phenoxy) is 1. The SMILES string of the molecule is COC(=O)c1ncn(CN2CCCC2c2cccc(Cl)c2)n1. The molecular weight excluding hydrogens is 304 g/mol. The molecule has 1 atom stereocenters. The van der Waals surface area contributed by atoms with Gasteiger partial charge in [0.15, 0.2) is 0 Å². The lowest BCUT2D eigenvalue weighted by Crippen LogP contribution is -2.26. The van der Waals surface area contributed by atoms with Crippen LogP contribution in [-0.4, -0.2) is 39.3 Å². The lowest BCUT2D eigenvalue weighted by atomic mass is 10.1. The topological polar surface area (TPSA) is 60.2 Å². The van der Waals surface area contributed by atoms with Gasteiger partial charge in [-0.2, -0.15) is 0 Å². The Hall–Kier alpha value is -1.92. The highest BCUT2D eigenvalue weighted by atomic mass is 35.5. The van der Waals surface area contributed by atoms with Crippen molar-refractivity contribution in [2.45, 2.75) is 25.6 Å². The molecule has 0 saturated carbocycles. The van der Waals surface area contributed by atoms with Gasteiger partial charge in [-0.1, -0.05) is 23.7 Å². The summed E-state index contributed by atoms with van der Waals surface area (Å²) in [6.45, 7) is 1.56. The molecule has 1 saturated heterocycles. The summed E-state index contributed by atoms with van der Waals surface area (Å²) in [5.74, 6) is -0.437. The van der Waals surface area contributed by atoms with Gasteiger partial charge in [0.25, 0.3) is 5.82 Å². The Morgan fingerprint density at radius 2 is 2.36 bits per heavy atom. The summed E-state index contributed by atoms with van der Waals surface area (Å²) < 4.78 is 6.28. The molecule has 1 unspecified atom stereocenters. The highest BCUT2D eigenvalue weighted by Crippen LogP contribution is 2.33. The molecule has 0 aliphatic carbocycles. The lowest BCUT2D eigenvalue weighted by Gasteiger charge is -2.24. The number of hydrogen-bond donors (Lipinski definition) is 0. The van der Waals surface area contributed by atoms with Crippen LogP contribution in [0.5, 0.6) is 0 Å². The van der Waals surface area contributed by atoms with Gasteiger partial charge in [-0.25, -0.2) is 14.5 Å². The first-order chi connectivity index (χ1) is 10.7. The molecule has 1 aliphatic heterocycles. The van der Waals surface area contributed by atoms with Crippen LogP contribution >= 0.6 is 11.6 Å². The normalized spacial score (nSPS) is 18.5. The maximum atomic E-state index is 11.4. The van der Waals surface area contributed by atoms with Gasteiger partial charge in [0, 0.05) is 17.6 Å². The van der Waals surface area contributed by atoms with Crippen LogP contribution in [0, 0.1) is 0 Å². The molecule has 1 aromatic carbocycles. The van der Waals surface area contributed by atoms with Crippen LogP contribution in [0.2, 0.25) is 5.02 Å². The third kappa shape index (κ3) is 3.13. The summed E-state index contributed by atoms with van der Waals surface area (Å²) in [6.07, 6.45) is 3.76. The number of nitrogens with zero attached hydrogens (tertiary/aromatic N) is 4. The number of hydrogen-bond acceptors (Lipinski definition) is 5. The fourth-order valence-electron chi connectivity index (χ4n) is 2.82. The molecule has 2 aromatic rings. The van der Waals surface area contributed by atoms with Crippen LogP contribution < -0.4 is 0 Å². The predicted octanol–water partition coefficient (Wildman–Crippen LogP) is 2.51. The molecule has 116 valence electrons. The maximum absolute atomic E-state index is 11.4. The molecule has 7 heteroatoms. The van der Waals surface area contributed by atoms with Crippen molar-refractivity contribution in [1.29, 1.82) is 0 Å². The zero-order valence-electron chi connectivity index (χ0n) is 12.3. The fourth-order valence-corrected chi connectivity index (χ4v) is 3.02. The van der Waals surface area contributed by atoms with Crippen molar-refractivity contribution >= 4 is 17.6 Å². The Morgan fingerprint density at radius 3 is 3.14 bits per heavy atom. The van der Waals surface area contributed by atoms with Crippen LogP contribution in [-0.2, 0) is 11.4 Å². The third-order valence-electron chi connectivity index (χ3n) is 3.83. The first-order valence-electron chi connectivity index (χ1n) is 7.14. The number of methoxy groups -OCH3 is 1. The number of aromatic nitrogens is 3. The number of likely N-dealkylation sites (tertiary alicyclic amines) is 1. The summed E-state index contributed by atoms with van der Waals surface area (Å²) in [4.78, 5) is 17.7. The van der Waals surface area contributed by atoms with Gasteiger partial charge < -0.3 is 4.74 Å². The standard InChI is InChI=1S/C15H17ClN4O2/c1-22-15(21)14-17-9-20(18-14)10-19-7-3-6-13(19)11-4-2-5-12(16)8-11/h2,4-5,8-9,13H,3,6-7,10H2,1H3. The molecule has 0 N–H and O–H groups in total. The minimum absolute atomic E-state index is 0.0843. The number of esters is 1. The molecule has 3 rings (SSSR count). The molecule has 2 heterocycles. The molecule has 0 spiro atoms. The molecule has 1 fully saturated rings. The van der Waals surface area contributed by atoms with Crippen molar-refractivity contribution in [2.75, 3.05) is 13.7 Å². The Kier molecular flexibility index (Phi) is 4.40. The zero-order valence-corrected chi connectivity index (χ0v) is 13.0. The van der Waals surface area contributed by atoms with Gasteiger partial charge in [-0.15, -0.1) is 5.10 Å². The molecule has 0 amide bonds. The summed E-state index contributed by atoms with van der Waals surface area (Å²) in [5.41, 5.74) is 1.21. The van der Waals surface area contributed by atoms with E-state index < -0.39 is 5.97 Å². The Balaban J connectivity index is 1.74. The van der Waals surface area contributed by atoms with Crippen molar-refractivity contribution in [1.82, 2.24) is 19.7 Å². The van der Waals surface area contributed by atoms with Crippen LogP contribution in [0.25, 0.3) is 0 Å². The summed E-state index contributed by atoms with van der Waals surface area (Å²) in [5, 5.41) is 4.90. The highest BCUT2D eigenvalue weighted by Gasteiger charge is 2.26. The molecule has 0 radical (unpaired) electrons. The average Bonchev–Trinajstić information content (AvgIpc) is 3.16. The fraction of sp³-hybridized carbons (Fsp3) is 0.400. The number of rotatable bonds is 4. The van der Waals surface area contributed by atoms with Gasteiger partial charge in [0.05, 0.1) is 13.8 Å². The van der Waals surface area contributed by atoms with E-state index in [1.807, 2.05) is 18.2 Å². The second-order valence-corrected chi connectivity index (χ2v) is 5.70. The zero-order chi connectivity index (χ0) is 15.5. The second kappa shape index (κ2) is 6.46. The predicted molar refractivity (Wildman–Crippen MR) is 81.5 cm³/mol. The minimum Gasteiger partial charge on any atom is -0.463 e. The number of carbonyl (C=O) groups excluding carboxylic acids is 1. The smallest absolute Gasteiger partial charge is 0.377 e. The van der Waals surface area contributed by atoms with E-state index >= 15 is 0 Å². The van der Waals surface area contributed by atoms with Crippen LogP contribution in [0.15, 0.2) is 30.6 Å². The van der Waals surface area contributed by atoms with E-state index in [4.69, 9.17) is 11.6 Å². The molecule has 1 aromatic heterocycles. The molecule has 1 aliphatic rings. The Bertz CT molecular complexity index is 673. The quantitative estimate of drug-likeness (QED) is 0.810. The minimum atomic E-state index is -0.522. The molecule has 6 nitrogen and oxygen atoms in total. The summed E-state index contributed by atoms with van der Waals surface area (Å²) in [6, 6.07) is 8.26. The summed E-state index contributed by atoms with van der Waals surface area (Å²) >= 11 is 6.09. The number of benzene rings is 1. The Labute approximate surface area is 133 Å². The number of carbonyl (C=O) groups is 1. The highest BCUT2D eigenvalue weighted by molar-refractivity contribution is 6.30. The van der Waals surface area contributed by atoms with Crippen LogP contribution in [0.1, 0.15) is 35.1 Å². The van der Waals surface area contributed by atoms with E-state index in [1.54, 1.807) is 11.0 Å². The second-order valence-electron chi connectivity index (χ2n) is 5.27. The van der Waals surface area contributed by atoms with Crippen molar-refractivity contribution in [3.05, 3.63) is 47.0 Å². The van der Waals surface area contributed by atoms with Crippen LogP contribution in [0.4, 0.5) is 0 Å². The van der Waals surface area contributed by atoms with Gasteiger partial charge in [0.1, 0.15) is 6.33 Å². The summed E-state index contributed by atoms with van der Waals surface area (Å²) in [7, 11) is 1.32. The third-order valence-corrected chi connectivity index (χ3v) is 4.06. The van der Waals surface area contributed by atoms with Crippen LogP contribution in [0.3, 0.4) is 0 Å². The van der Waals surface area contributed by atoms with Crippen molar-refractivity contribution in [2.24, 2.45) is 0 Å². The van der Waals surface area contributed by atoms with Gasteiger partial charge in [0.2, 0.25) is 0 Å². The van der Waals surface area contributed by atoms with E-state index in [1.165, 1.54) is 12.7 Å². The average molecular weight is 321 g/mol. The van der Waals surface area contributed by atoms with Gasteiger partial charge in [-0.05, 0) is 30.5 Å². The maximum Gasteiger partial charge on any atom is 0.377 e. The van der Waals surface area contributed by atoms with Crippen molar-refractivity contribution in [3.63, 3.8) is 0 Å². The monoisotopic (exact) mass is 320 g/mol. The van der Waals surface area contributed by atoms with Crippen molar-refractivity contribution in [3.8, 4) is 0 Å². The molecule has 0 bridgehead atoms. The van der Waals surface area contributed by atoms with E-state index in [9.17, 15) is 4.79 Å². The van der Waals surface area contributed by atoms with Gasteiger partial charge in [-0.3, -0.25) is 4.90 Å². The first kappa shape index (κ1) is 15.0. The Morgan fingerprint density at radius 1 is 1.50 bits per heavy atom. The molecular formula is C15H17ClN4O2.